The van der Waals surface area contributed by atoms with Gasteiger partial charge in [-0.25, -0.2) is 15.0 Å². The van der Waals surface area contributed by atoms with E-state index in [0.717, 1.165) is 21.4 Å². The van der Waals surface area contributed by atoms with Crippen molar-refractivity contribution in [3.63, 3.8) is 0 Å². The van der Waals surface area contributed by atoms with E-state index in [2.05, 4.69) is 176 Å². The minimum absolute atomic E-state index is 0.541. The summed E-state index contributed by atoms with van der Waals surface area (Å²) in [5.74, 6) is 1.98. The molecule has 2 aliphatic carbocycles. The van der Waals surface area contributed by atoms with Gasteiger partial charge in [0.05, 0.1) is 5.41 Å². The molecule has 0 saturated carbocycles. The maximum Gasteiger partial charge on any atom is 0.165 e. The van der Waals surface area contributed by atoms with Gasteiger partial charge in [-0.2, -0.15) is 0 Å². The van der Waals surface area contributed by atoms with E-state index in [4.69, 9.17) is 15.0 Å². The van der Waals surface area contributed by atoms with E-state index in [9.17, 15) is 0 Å². The topological polar surface area (TPSA) is 38.7 Å². The van der Waals surface area contributed by atoms with Crippen LogP contribution in [-0.2, 0) is 5.41 Å². The Kier molecular flexibility index (Phi) is 7.69. The molecule has 0 N–H and O–H groups in total. The molecule has 0 bridgehead atoms. The number of nitrogens with zero attached hydrogens (tertiary/aromatic N) is 3. The van der Waals surface area contributed by atoms with E-state index >= 15 is 0 Å². The Morgan fingerprint density at radius 2 is 0.677 bits per heavy atom. The van der Waals surface area contributed by atoms with Crippen molar-refractivity contribution in [2.75, 3.05) is 0 Å². The molecule has 0 atom stereocenters. The Labute approximate surface area is 363 Å². The van der Waals surface area contributed by atoms with Gasteiger partial charge < -0.3 is 0 Å². The molecular formula is C58H35N3S. The quantitative estimate of drug-likeness (QED) is 0.178. The Bertz CT molecular complexity index is 3460. The number of fused-ring (bicyclic) bond motifs is 15. The number of thiophene rings is 1. The van der Waals surface area contributed by atoms with Crippen LogP contribution in [0.15, 0.2) is 212 Å². The fourth-order valence-corrected chi connectivity index (χ4v) is 11.7. The Morgan fingerprint density at radius 3 is 1.23 bits per heavy atom. The molecule has 0 radical (unpaired) electrons. The van der Waals surface area contributed by atoms with Crippen LogP contribution in [0.3, 0.4) is 0 Å². The van der Waals surface area contributed by atoms with Crippen LogP contribution in [0, 0.1) is 0 Å². The van der Waals surface area contributed by atoms with Crippen LogP contribution in [-0.4, -0.2) is 15.0 Å². The lowest BCUT2D eigenvalue weighted by Crippen LogP contribution is -2.29. The van der Waals surface area contributed by atoms with Crippen molar-refractivity contribution < 1.29 is 0 Å². The largest absolute Gasteiger partial charge is 0.208 e. The van der Waals surface area contributed by atoms with Gasteiger partial charge in [-0.1, -0.05) is 200 Å². The number of benzene rings is 9. The van der Waals surface area contributed by atoms with Crippen molar-refractivity contribution in [3.05, 3.63) is 235 Å². The van der Waals surface area contributed by atoms with E-state index in [0.29, 0.717) is 17.5 Å². The zero-order valence-corrected chi connectivity index (χ0v) is 34.3. The molecule has 1 spiro atoms. The van der Waals surface area contributed by atoms with Gasteiger partial charge in [0.25, 0.3) is 0 Å². The third-order valence-corrected chi connectivity index (χ3v) is 14.3. The SMILES string of the molecule is c1ccc(-c2nc(-c3ccccc3)nc(-c3cccc4c3sc3c(-c5ccc6c(c5)C5(c7ccccc7-c7ccccc7-c7ccccc75)c5ccccc5-6)cccc34)n2)cc1. The maximum atomic E-state index is 5.15. The third-order valence-electron chi connectivity index (χ3n) is 13.0. The molecule has 0 amide bonds. The first kappa shape index (κ1) is 35.0. The predicted molar refractivity (Wildman–Crippen MR) is 256 cm³/mol. The van der Waals surface area contributed by atoms with Crippen molar-refractivity contribution in [1.82, 2.24) is 15.0 Å². The highest BCUT2D eigenvalue weighted by atomic mass is 32.1. The first-order chi connectivity index (χ1) is 30.8. The second-order valence-electron chi connectivity index (χ2n) is 16.2. The van der Waals surface area contributed by atoms with Gasteiger partial charge in [0.1, 0.15) is 0 Å². The Hall–Kier alpha value is -7.79. The second kappa shape index (κ2) is 13.6. The summed E-state index contributed by atoms with van der Waals surface area (Å²) < 4.78 is 2.41. The molecule has 11 aromatic rings. The lowest BCUT2D eigenvalue weighted by molar-refractivity contribution is 0.775. The first-order valence-corrected chi connectivity index (χ1v) is 21.9. The monoisotopic (exact) mass is 805 g/mol. The van der Waals surface area contributed by atoms with Crippen LogP contribution in [0.1, 0.15) is 22.3 Å². The summed E-state index contributed by atoms with van der Waals surface area (Å²) in [5, 5.41) is 2.42. The zero-order chi connectivity index (χ0) is 40.8. The molecule has 2 heterocycles. The normalized spacial score (nSPS) is 13.0. The molecule has 2 aliphatic rings. The highest BCUT2D eigenvalue weighted by Crippen LogP contribution is 2.62. The predicted octanol–water partition coefficient (Wildman–Crippen LogP) is 14.9. The molecule has 0 saturated heterocycles. The molecule has 62 heavy (non-hydrogen) atoms. The molecule has 3 nitrogen and oxygen atoms in total. The van der Waals surface area contributed by atoms with E-state index in [-0.39, 0.29) is 0 Å². The van der Waals surface area contributed by atoms with Crippen molar-refractivity contribution in [2.45, 2.75) is 5.41 Å². The van der Waals surface area contributed by atoms with Gasteiger partial charge >= 0.3 is 0 Å². The average molecular weight is 806 g/mol. The van der Waals surface area contributed by atoms with Crippen molar-refractivity contribution in [2.24, 2.45) is 0 Å². The fraction of sp³-hybridized carbons (Fsp3) is 0.0172. The summed E-state index contributed by atoms with van der Waals surface area (Å²) in [6.07, 6.45) is 0. The Morgan fingerprint density at radius 1 is 0.274 bits per heavy atom. The fourth-order valence-electron chi connectivity index (χ4n) is 10.4. The molecule has 13 rings (SSSR count). The lowest BCUT2D eigenvalue weighted by Gasteiger charge is -2.35. The van der Waals surface area contributed by atoms with Crippen LogP contribution < -0.4 is 0 Å². The van der Waals surface area contributed by atoms with Gasteiger partial charge in [0.2, 0.25) is 0 Å². The van der Waals surface area contributed by atoms with Gasteiger partial charge in [0, 0.05) is 36.9 Å². The van der Waals surface area contributed by atoms with Crippen LogP contribution in [0.4, 0.5) is 0 Å². The number of hydrogen-bond donors (Lipinski definition) is 0. The van der Waals surface area contributed by atoms with Crippen LogP contribution in [0.5, 0.6) is 0 Å². The summed E-state index contributed by atoms with van der Waals surface area (Å²) >= 11 is 1.83. The number of aromatic nitrogens is 3. The molecule has 2 aromatic heterocycles. The number of rotatable bonds is 4. The van der Waals surface area contributed by atoms with Crippen LogP contribution in [0.25, 0.3) is 98.8 Å². The van der Waals surface area contributed by atoms with Gasteiger partial charge in [0.15, 0.2) is 17.5 Å². The van der Waals surface area contributed by atoms with E-state index in [1.165, 1.54) is 82.2 Å². The molecule has 0 aliphatic heterocycles. The molecule has 0 unspecified atom stereocenters. The summed E-state index contributed by atoms with van der Waals surface area (Å²) in [4.78, 5) is 15.3. The van der Waals surface area contributed by atoms with Crippen LogP contribution in [0.2, 0.25) is 0 Å². The zero-order valence-electron chi connectivity index (χ0n) is 33.5. The van der Waals surface area contributed by atoms with E-state index in [1.54, 1.807) is 0 Å². The minimum atomic E-state index is -0.541. The van der Waals surface area contributed by atoms with Crippen molar-refractivity contribution >= 4 is 31.5 Å². The van der Waals surface area contributed by atoms with E-state index < -0.39 is 5.41 Å². The summed E-state index contributed by atoms with van der Waals surface area (Å²) in [6, 6.07) is 77.1. The molecular weight excluding hydrogens is 771 g/mol. The smallest absolute Gasteiger partial charge is 0.165 e. The van der Waals surface area contributed by atoms with Gasteiger partial charge in [-0.3, -0.25) is 0 Å². The molecule has 288 valence electrons. The first-order valence-electron chi connectivity index (χ1n) is 21.1. The van der Waals surface area contributed by atoms with Crippen LogP contribution >= 0.6 is 11.3 Å². The summed E-state index contributed by atoms with van der Waals surface area (Å²) in [5.41, 5.74) is 17.7. The van der Waals surface area contributed by atoms with Crippen molar-refractivity contribution in [1.29, 1.82) is 0 Å². The minimum Gasteiger partial charge on any atom is -0.208 e. The number of hydrogen-bond acceptors (Lipinski definition) is 4. The maximum absolute atomic E-state index is 5.15. The molecule has 0 fully saturated rings. The Balaban J connectivity index is 1.05. The lowest BCUT2D eigenvalue weighted by atomic mass is 9.65. The third kappa shape index (κ3) is 5.02. The highest BCUT2D eigenvalue weighted by Gasteiger charge is 2.49. The van der Waals surface area contributed by atoms with E-state index in [1.807, 2.05) is 47.7 Å². The summed E-state index contributed by atoms with van der Waals surface area (Å²) in [6.45, 7) is 0. The standard InChI is InChI=1S/C58H35N3S/c1-3-17-36(18-4-1)55-59-56(37-19-5-2-6-20-37)61-57(60-55)48-29-16-28-47-46-27-15-26-39(53(46)62-54(47)48)38-33-34-45-44-25-11-14-32-51(44)58(52(45)35-38)49-30-12-9-23-42(49)40-21-7-8-22-41(40)43-24-10-13-31-50(43)58/h1-35H. The highest BCUT2D eigenvalue weighted by molar-refractivity contribution is 7.26. The molecule has 4 heteroatoms. The van der Waals surface area contributed by atoms with Crippen molar-refractivity contribution in [3.8, 4) is 78.7 Å². The summed E-state index contributed by atoms with van der Waals surface area (Å²) in [7, 11) is 0. The van der Waals surface area contributed by atoms with Gasteiger partial charge in [-0.15, -0.1) is 11.3 Å². The molecule has 9 aromatic carbocycles. The van der Waals surface area contributed by atoms with Gasteiger partial charge in [-0.05, 0) is 78.9 Å². The second-order valence-corrected chi connectivity index (χ2v) is 17.2. The average Bonchev–Trinajstić information content (AvgIpc) is 3.85.